The highest BCUT2D eigenvalue weighted by Gasteiger charge is 2.27. The van der Waals surface area contributed by atoms with E-state index in [-0.39, 0.29) is 5.92 Å². The number of hydrogen-bond donors (Lipinski definition) is 2. The van der Waals surface area contributed by atoms with Crippen LogP contribution in [0.25, 0.3) is 0 Å². The molecule has 0 aromatic carbocycles. The molecule has 20 heavy (non-hydrogen) atoms. The van der Waals surface area contributed by atoms with Crippen LogP contribution in [-0.4, -0.2) is 19.0 Å². The van der Waals surface area contributed by atoms with Gasteiger partial charge >= 0.3 is 0 Å². The average molecular weight is 280 g/mol. The zero-order valence-corrected chi connectivity index (χ0v) is 13.1. The van der Waals surface area contributed by atoms with E-state index in [0.717, 1.165) is 38.3 Å². The predicted molar refractivity (Wildman–Crippen MR) is 83.3 cm³/mol. The Labute approximate surface area is 124 Å². The van der Waals surface area contributed by atoms with Crippen molar-refractivity contribution < 1.29 is 4.79 Å². The van der Waals surface area contributed by atoms with Crippen LogP contribution in [0.3, 0.4) is 0 Å². The van der Waals surface area contributed by atoms with Gasteiger partial charge in [-0.2, -0.15) is 0 Å². The minimum Gasteiger partial charge on any atom is -0.356 e. The molecule has 0 saturated heterocycles. The van der Waals surface area contributed by atoms with Gasteiger partial charge in [-0.25, -0.2) is 0 Å². The predicted octanol–water partition coefficient (Wildman–Crippen LogP) is 3.08. The fraction of sp³-hybridized carbons (Fsp3) is 0.941. The first kappa shape index (κ1) is 15.8. The smallest absolute Gasteiger partial charge is 0.223 e. The van der Waals surface area contributed by atoms with E-state index in [1.54, 1.807) is 0 Å². The van der Waals surface area contributed by atoms with Gasteiger partial charge < -0.3 is 11.1 Å². The summed E-state index contributed by atoms with van der Waals surface area (Å²) in [5.41, 5.74) is 5.65. The summed E-state index contributed by atoms with van der Waals surface area (Å²) in [6.45, 7) is 4.01. The van der Waals surface area contributed by atoms with Gasteiger partial charge in [-0.15, -0.1) is 0 Å². The average Bonchev–Trinajstić information content (AvgIpc) is 2.45. The lowest BCUT2D eigenvalue weighted by molar-refractivity contribution is -0.126. The van der Waals surface area contributed by atoms with E-state index in [1.807, 2.05) is 0 Å². The van der Waals surface area contributed by atoms with Gasteiger partial charge in [0.2, 0.25) is 5.91 Å². The Hall–Kier alpha value is -0.570. The van der Waals surface area contributed by atoms with E-state index in [4.69, 9.17) is 5.73 Å². The Kier molecular flexibility index (Phi) is 6.34. The van der Waals surface area contributed by atoms with E-state index in [9.17, 15) is 4.79 Å². The number of carbonyl (C=O) groups excluding carboxylic acids is 1. The third kappa shape index (κ3) is 4.76. The van der Waals surface area contributed by atoms with Crippen LogP contribution in [-0.2, 0) is 4.79 Å². The van der Waals surface area contributed by atoms with E-state index in [0.29, 0.717) is 17.7 Å². The van der Waals surface area contributed by atoms with E-state index in [1.165, 1.54) is 38.5 Å². The van der Waals surface area contributed by atoms with Gasteiger partial charge in [0.15, 0.2) is 0 Å². The Morgan fingerprint density at radius 2 is 1.85 bits per heavy atom. The molecule has 2 rings (SSSR count). The number of hydrogen-bond acceptors (Lipinski definition) is 2. The summed E-state index contributed by atoms with van der Waals surface area (Å²) in [4.78, 5) is 12.3. The Morgan fingerprint density at radius 1 is 1.10 bits per heavy atom. The van der Waals surface area contributed by atoms with Crippen molar-refractivity contribution in [2.45, 2.75) is 64.7 Å². The second-order valence-electron chi connectivity index (χ2n) is 7.19. The first-order valence-corrected chi connectivity index (χ1v) is 8.66. The summed E-state index contributed by atoms with van der Waals surface area (Å²) < 4.78 is 0. The number of nitrogens with one attached hydrogen (secondary N) is 1. The lowest BCUT2D eigenvalue weighted by atomic mass is 9.79. The third-order valence-corrected chi connectivity index (χ3v) is 5.34. The molecule has 4 atom stereocenters. The molecule has 3 heteroatoms. The highest BCUT2D eigenvalue weighted by atomic mass is 16.1. The second-order valence-corrected chi connectivity index (χ2v) is 7.19. The van der Waals surface area contributed by atoms with Crippen LogP contribution in [0.5, 0.6) is 0 Å². The molecule has 0 spiro atoms. The number of amides is 1. The molecule has 3 N–H and O–H groups in total. The van der Waals surface area contributed by atoms with Crippen LogP contribution >= 0.6 is 0 Å². The van der Waals surface area contributed by atoms with Crippen LogP contribution in [0.4, 0.5) is 0 Å². The van der Waals surface area contributed by atoms with Crippen molar-refractivity contribution in [3.8, 4) is 0 Å². The zero-order chi connectivity index (χ0) is 14.4. The monoisotopic (exact) mass is 280 g/mol. The summed E-state index contributed by atoms with van der Waals surface area (Å²) in [6, 6.07) is 0. The first-order chi connectivity index (χ1) is 9.69. The second kappa shape index (κ2) is 8.02. The van der Waals surface area contributed by atoms with Crippen LogP contribution in [0.15, 0.2) is 0 Å². The molecule has 116 valence electrons. The van der Waals surface area contributed by atoms with Crippen LogP contribution in [0.2, 0.25) is 0 Å². The summed E-state index contributed by atoms with van der Waals surface area (Å²) in [6.07, 6.45) is 11.0. The maximum Gasteiger partial charge on any atom is 0.223 e. The van der Waals surface area contributed by atoms with Crippen molar-refractivity contribution in [2.24, 2.45) is 29.4 Å². The SMILES string of the molecule is CC1CCCC(CNC(=O)C2CCCC(CCN)C2)C1. The van der Waals surface area contributed by atoms with Gasteiger partial charge in [0.05, 0.1) is 0 Å². The fourth-order valence-electron chi connectivity index (χ4n) is 4.16. The fourth-order valence-corrected chi connectivity index (χ4v) is 4.16. The summed E-state index contributed by atoms with van der Waals surface area (Å²) in [7, 11) is 0. The molecule has 0 aromatic rings. The van der Waals surface area contributed by atoms with Crippen LogP contribution in [0, 0.1) is 23.7 Å². The molecule has 0 radical (unpaired) electrons. The molecule has 2 aliphatic carbocycles. The number of carbonyl (C=O) groups is 1. The molecule has 2 saturated carbocycles. The summed E-state index contributed by atoms with van der Waals surface area (Å²) in [5, 5.41) is 3.24. The van der Waals surface area contributed by atoms with Crippen molar-refractivity contribution in [3.63, 3.8) is 0 Å². The topological polar surface area (TPSA) is 55.1 Å². The van der Waals surface area contributed by atoms with Crippen molar-refractivity contribution in [1.82, 2.24) is 5.32 Å². The lowest BCUT2D eigenvalue weighted by Gasteiger charge is -2.30. The van der Waals surface area contributed by atoms with Gasteiger partial charge in [0, 0.05) is 12.5 Å². The summed E-state index contributed by atoms with van der Waals surface area (Å²) >= 11 is 0. The minimum atomic E-state index is 0.251. The van der Waals surface area contributed by atoms with Gasteiger partial charge in [-0.1, -0.05) is 32.6 Å². The van der Waals surface area contributed by atoms with Crippen LogP contribution in [0.1, 0.15) is 64.7 Å². The lowest BCUT2D eigenvalue weighted by Crippen LogP contribution is -2.37. The maximum absolute atomic E-state index is 12.3. The third-order valence-electron chi connectivity index (χ3n) is 5.34. The van der Waals surface area contributed by atoms with Crippen molar-refractivity contribution >= 4 is 5.91 Å². The standard InChI is InChI=1S/C17H32N2O/c1-13-4-2-6-15(10-13)12-19-17(20)16-7-3-5-14(11-16)8-9-18/h13-16H,2-12,18H2,1H3,(H,19,20). The molecule has 2 aliphatic rings. The molecule has 0 bridgehead atoms. The van der Waals surface area contributed by atoms with Crippen molar-refractivity contribution in [3.05, 3.63) is 0 Å². The largest absolute Gasteiger partial charge is 0.356 e. The Balaban J connectivity index is 1.71. The van der Waals surface area contributed by atoms with Gasteiger partial charge in [-0.3, -0.25) is 4.79 Å². The maximum atomic E-state index is 12.3. The zero-order valence-electron chi connectivity index (χ0n) is 13.1. The summed E-state index contributed by atoms with van der Waals surface area (Å²) in [5.74, 6) is 2.80. The molecular weight excluding hydrogens is 248 g/mol. The minimum absolute atomic E-state index is 0.251. The van der Waals surface area contributed by atoms with Gasteiger partial charge in [0.25, 0.3) is 0 Å². The van der Waals surface area contributed by atoms with Crippen LogP contribution < -0.4 is 11.1 Å². The normalized spacial score (nSPS) is 34.7. The first-order valence-electron chi connectivity index (χ1n) is 8.66. The molecule has 4 unspecified atom stereocenters. The van der Waals surface area contributed by atoms with Crippen molar-refractivity contribution in [2.75, 3.05) is 13.1 Å². The number of rotatable bonds is 5. The van der Waals surface area contributed by atoms with E-state index >= 15 is 0 Å². The van der Waals surface area contributed by atoms with Gasteiger partial charge in [0.1, 0.15) is 0 Å². The molecule has 0 aromatic heterocycles. The van der Waals surface area contributed by atoms with Crippen molar-refractivity contribution in [1.29, 1.82) is 0 Å². The molecule has 2 fully saturated rings. The number of nitrogens with two attached hydrogens (primary N) is 1. The molecular formula is C17H32N2O. The van der Waals surface area contributed by atoms with E-state index < -0.39 is 0 Å². The Bertz CT molecular complexity index is 303. The quantitative estimate of drug-likeness (QED) is 0.813. The molecule has 1 amide bonds. The van der Waals surface area contributed by atoms with E-state index in [2.05, 4.69) is 12.2 Å². The molecule has 3 nitrogen and oxygen atoms in total. The highest BCUT2D eigenvalue weighted by molar-refractivity contribution is 5.78. The molecule has 0 aliphatic heterocycles. The van der Waals surface area contributed by atoms with Gasteiger partial charge in [-0.05, 0) is 56.4 Å². The Morgan fingerprint density at radius 3 is 2.60 bits per heavy atom. The molecule has 0 heterocycles. The highest BCUT2D eigenvalue weighted by Crippen LogP contribution is 2.31.